The molecule has 0 spiro atoms. The van der Waals surface area contributed by atoms with E-state index in [1.807, 2.05) is 0 Å². The predicted molar refractivity (Wildman–Crippen MR) is 126 cm³/mol. The Morgan fingerprint density at radius 3 is 1.97 bits per heavy atom. The molecule has 0 aromatic heterocycles. The Kier molecular flexibility index (Phi) is 6.54. The second kappa shape index (κ2) is 9.23. The van der Waals surface area contributed by atoms with Crippen molar-refractivity contribution in [3.05, 3.63) is 90.9 Å². The lowest BCUT2D eigenvalue weighted by Crippen LogP contribution is -2.29. The normalized spacial score (nSPS) is 12.7. The lowest BCUT2D eigenvalue weighted by atomic mass is 10.1. The molecule has 0 fully saturated rings. The summed E-state index contributed by atoms with van der Waals surface area (Å²) in [5, 5.41) is 0.814. The molecule has 3 aromatic rings. The van der Waals surface area contributed by atoms with Crippen LogP contribution in [0.2, 0.25) is 20.1 Å². The van der Waals surface area contributed by atoms with Crippen LogP contribution in [-0.4, -0.2) is 24.9 Å². The number of esters is 1. The highest BCUT2D eigenvalue weighted by Crippen LogP contribution is 2.39. The third-order valence-corrected chi connectivity index (χ3v) is 6.22. The Balaban J connectivity index is 1.64. The Hall–Kier alpha value is -2.77. The molecule has 1 heterocycles. The molecule has 0 N–H and O–H groups in total. The number of nitrogens with zero attached hydrogens (tertiary/aromatic N) is 1. The number of hydrogen-bond acceptors (Lipinski definition) is 5. The zero-order valence-corrected chi connectivity index (χ0v) is 19.8. The lowest BCUT2D eigenvalue weighted by molar-refractivity contribution is 0.0469. The average molecular weight is 525 g/mol. The summed E-state index contributed by atoms with van der Waals surface area (Å²) in [6.07, 6.45) is 0. The first-order chi connectivity index (χ1) is 15.7. The second-order valence-corrected chi connectivity index (χ2v) is 8.62. The number of imide groups is 1. The highest BCUT2D eigenvalue weighted by molar-refractivity contribution is 6.45. The molecule has 1 aliphatic heterocycles. The molecule has 0 saturated carbocycles. The molecule has 0 atom stereocenters. The van der Waals surface area contributed by atoms with E-state index in [1.165, 1.54) is 31.4 Å². The summed E-state index contributed by atoms with van der Waals surface area (Å²) >= 11 is 24.2. The van der Waals surface area contributed by atoms with Crippen molar-refractivity contribution in [3.8, 4) is 5.75 Å². The van der Waals surface area contributed by atoms with Crippen LogP contribution in [0.1, 0.15) is 36.6 Å². The van der Waals surface area contributed by atoms with E-state index in [-0.39, 0.29) is 49.8 Å². The van der Waals surface area contributed by atoms with Gasteiger partial charge < -0.3 is 9.47 Å². The molecule has 0 saturated heterocycles. The molecular formula is C23H13Cl4NO5. The number of amides is 2. The fourth-order valence-corrected chi connectivity index (χ4v) is 4.00. The minimum atomic E-state index is -0.698. The number of ether oxygens (including phenoxy) is 2. The van der Waals surface area contributed by atoms with Gasteiger partial charge in [-0.25, -0.2) is 9.69 Å². The van der Waals surface area contributed by atoms with E-state index in [1.54, 1.807) is 24.3 Å². The van der Waals surface area contributed by atoms with Crippen LogP contribution in [0, 0.1) is 0 Å². The molecule has 168 valence electrons. The SMILES string of the molecule is COc1cc(N2C(=O)c3cc(Cl)c(Cl)cc3C2=O)c(Cl)cc1C(=O)OCc1ccc(Cl)cc1. The van der Waals surface area contributed by atoms with E-state index in [4.69, 9.17) is 55.9 Å². The Morgan fingerprint density at radius 2 is 1.42 bits per heavy atom. The van der Waals surface area contributed by atoms with Gasteiger partial charge in [0.05, 0.1) is 39.0 Å². The minimum absolute atomic E-state index is 0.00154. The summed E-state index contributed by atoms with van der Waals surface area (Å²) < 4.78 is 10.6. The van der Waals surface area contributed by atoms with Crippen LogP contribution in [0.25, 0.3) is 0 Å². The Bertz CT molecular complexity index is 1270. The summed E-state index contributed by atoms with van der Waals surface area (Å²) in [5.41, 5.74) is 0.994. The maximum Gasteiger partial charge on any atom is 0.342 e. The summed E-state index contributed by atoms with van der Waals surface area (Å²) in [6, 6.07) is 12.1. The van der Waals surface area contributed by atoms with Gasteiger partial charge in [0.1, 0.15) is 17.9 Å². The highest BCUT2D eigenvalue weighted by Gasteiger charge is 2.39. The Labute approximate surface area is 208 Å². The maximum atomic E-state index is 12.9. The van der Waals surface area contributed by atoms with Crippen LogP contribution in [0.3, 0.4) is 0 Å². The molecule has 0 radical (unpaired) electrons. The monoisotopic (exact) mass is 523 g/mol. The standard InChI is InChI=1S/C23H13Cl4NO5/c1-32-20-9-19(28-21(29)13-6-16(25)17(26)7-14(13)22(28)30)18(27)8-15(20)23(31)33-10-11-2-4-12(24)5-3-11/h2-9H,10H2,1H3. The van der Waals surface area contributed by atoms with Crippen molar-refractivity contribution in [1.82, 2.24) is 0 Å². The minimum Gasteiger partial charge on any atom is -0.496 e. The van der Waals surface area contributed by atoms with Crippen LogP contribution in [0.5, 0.6) is 5.75 Å². The molecule has 4 rings (SSSR count). The predicted octanol–water partition coefficient (Wildman–Crippen LogP) is 6.47. The van der Waals surface area contributed by atoms with E-state index >= 15 is 0 Å². The summed E-state index contributed by atoms with van der Waals surface area (Å²) in [7, 11) is 1.34. The molecule has 2 amide bonds. The first kappa shape index (κ1) is 23.4. The molecular weight excluding hydrogens is 512 g/mol. The second-order valence-electron chi connectivity index (χ2n) is 6.96. The van der Waals surface area contributed by atoms with Gasteiger partial charge >= 0.3 is 5.97 Å². The number of carbonyl (C=O) groups is 3. The quantitative estimate of drug-likeness (QED) is 0.282. The largest absolute Gasteiger partial charge is 0.496 e. The average Bonchev–Trinajstić information content (AvgIpc) is 3.02. The van der Waals surface area contributed by atoms with E-state index < -0.39 is 17.8 Å². The van der Waals surface area contributed by atoms with Crippen molar-refractivity contribution in [3.63, 3.8) is 0 Å². The topological polar surface area (TPSA) is 72.9 Å². The van der Waals surface area contributed by atoms with Gasteiger partial charge in [-0.15, -0.1) is 0 Å². The van der Waals surface area contributed by atoms with E-state index in [9.17, 15) is 14.4 Å². The molecule has 3 aromatic carbocycles. The molecule has 0 bridgehead atoms. The zero-order valence-electron chi connectivity index (χ0n) is 16.8. The number of rotatable bonds is 5. The van der Waals surface area contributed by atoms with Gasteiger partial charge in [-0.2, -0.15) is 0 Å². The van der Waals surface area contributed by atoms with Gasteiger partial charge in [0, 0.05) is 11.1 Å². The van der Waals surface area contributed by atoms with Crippen LogP contribution < -0.4 is 9.64 Å². The van der Waals surface area contributed by atoms with E-state index in [2.05, 4.69) is 0 Å². The van der Waals surface area contributed by atoms with Gasteiger partial charge in [-0.1, -0.05) is 58.5 Å². The van der Waals surface area contributed by atoms with Gasteiger partial charge in [-0.05, 0) is 35.9 Å². The van der Waals surface area contributed by atoms with Crippen molar-refractivity contribution >= 4 is 69.9 Å². The van der Waals surface area contributed by atoms with Gasteiger partial charge in [0.25, 0.3) is 11.8 Å². The van der Waals surface area contributed by atoms with Crippen molar-refractivity contribution in [2.24, 2.45) is 0 Å². The molecule has 6 nitrogen and oxygen atoms in total. The summed E-state index contributed by atoms with van der Waals surface area (Å²) in [6.45, 7) is -0.00154. The number of fused-ring (bicyclic) bond motifs is 1. The van der Waals surface area contributed by atoms with Crippen molar-refractivity contribution in [2.75, 3.05) is 12.0 Å². The number of halogens is 4. The number of anilines is 1. The number of benzene rings is 3. The van der Waals surface area contributed by atoms with E-state index in [0.717, 1.165) is 10.5 Å². The molecule has 1 aliphatic rings. The van der Waals surface area contributed by atoms with Crippen molar-refractivity contribution in [1.29, 1.82) is 0 Å². The van der Waals surface area contributed by atoms with Crippen LogP contribution in [0.15, 0.2) is 48.5 Å². The highest BCUT2D eigenvalue weighted by atomic mass is 35.5. The first-order valence-corrected chi connectivity index (χ1v) is 10.9. The molecule has 0 unspecified atom stereocenters. The lowest BCUT2D eigenvalue weighted by Gasteiger charge is -2.18. The van der Waals surface area contributed by atoms with Gasteiger partial charge in [0.2, 0.25) is 0 Å². The number of carbonyl (C=O) groups excluding carboxylic acids is 3. The molecule has 33 heavy (non-hydrogen) atoms. The van der Waals surface area contributed by atoms with Crippen LogP contribution in [0.4, 0.5) is 5.69 Å². The molecule has 10 heteroatoms. The fraction of sp³-hybridized carbons (Fsp3) is 0.0870. The van der Waals surface area contributed by atoms with Gasteiger partial charge in [0.15, 0.2) is 0 Å². The molecule has 0 aliphatic carbocycles. The summed E-state index contributed by atoms with van der Waals surface area (Å²) in [4.78, 5) is 39.4. The number of methoxy groups -OCH3 is 1. The maximum absolute atomic E-state index is 12.9. The Morgan fingerprint density at radius 1 is 0.848 bits per heavy atom. The zero-order chi connectivity index (χ0) is 23.9. The first-order valence-electron chi connectivity index (χ1n) is 9.38. The van der Waals surface area contributed by atoms with E-state index in [0.29, 0.717) is 5.02 Å². The smallest absolute Gasteiger partial charge is 0.342 e. The third kappa shape index (κ3) is 4.39. The summed E-state index contributed by atoms with van der Waals surface area (Å²) in [5.74, 6) is -1.88. The third-order valence-electron chi connectivity index (χ3n) is 4.94. The van der Waals surface area contributed by atoms with Crippen molar-refractivity contribution in [2.45, 2.75) is 6.61 Å². The van der Waals surface area contributed by atoms with Crippen molar-refractivity contribution < 1.29 is 23.9 Å². The van der Waals surface area contributed by atoms with Gasteiger partial charge in [-0.3, -0.25) is 9.59 Å². The van der Waals surface area contributed by atoms with Crippen LogP contribution in [-0.2, 0) is 11.3 Å². The van der Waals surface area contributed by atoms with Crippen LogP contribution >= 0.6 is 46.4 Å². The fourth-order valence-electron chi connectivity index (χ4n) is 3.30. The number of hydrogen-bond donors (Lipinski definition) is 0.